The van der Waals surface area contributed by atoms with Crippen molar-refractivity contribution < 1.29 is 19.4 Å². The van der Waals surface area contributed by atoms with E-state index < -0.39 is 23.2 Å². The van der Waals surface area contributed by atoms with Gasteiger partial charge < -0.3 is 25.5 Å². The second-order valence-corrected chi connectivity index (χ2v) is 8.08. The van der Waals surface area contributed by atoms with Crippen LogP contribution in [0.1, 0.15) is 27.2 Å². The molecule has 1 saturated heterocycles. The molecule has 2 aromatic rings. The summed E-state index contributed by atoms with van der Waals surface area (Å²) >= 11 is 0. The molecule has 0 unspecified atom stereocenters. The number of rotatable bonds is 5. The highest BCUT2D eigenvalue weighted by atomic mass is 16.6. The van der Waals surface area contributed by atoms with Crippen LogP contribution in [0.15, 0.2) is 11.1 Å². The van der Waals surface area contributed by atoms with Crippen molar-refractivity contribution in [3.8, 4) is 0 Å². The highest BCUT2D eigenvalue weighted by Crippen LogP contribution is 2.21. The fourth-order valence-electron chi connectivity index (χ4n) is 3.45. The smallest absolute Gasteiger partial charge is 0.407 e. The number of alkyl carbamates (subject to hydrolysis) is 1. The zero-order valence-corrected chi connectivity index (χ0v) is 16.5. The van der Waals surface area contributed by atoms with Crippen LogP contribution in [-0.4, -0.2) is 72.4 Å². The van der Waals surface area contributed by atoms with E-state index in [2.05, 4.69) is 20.3 Å². The molecule has 5 N–H and O–H groups in total. The van der Waals surface area contributed by atoms with Crippen molar-refractivity contribution in [2.45, 2.75) is 51.4 Å². The standard InChI is InChI=1S/C17H25N7O5/c1-17(2,3)29-16(28)20-9-4-10(23(5-9)7-11(25)26)6-24-8-19-12-13(24)21-15(18)22-14(12)27/h8-10H,4-7H2,1-3H3,(H,20,28)(H,25,26)(H3,18,21,22,27)/t9-,10+/m0/s1. The number of hydrogen-bond donors (Lipinski definition) is 4. The number of likely N-dealkylation sites (tertiary alicyclic amines) is 1. The third-order valence-corrected chi connectivity index (χ3v) is 4.49. The Kier molecular flexibility index (Phi) is 5.46. The Morgan fingerprint density at radius 3 is 2.83 bits per heavy atom. The molecule has 0 aliphatic carbocycles. The van der Waals surface area contributed by atoms with E-state index in [0.29, 0.717) is 25.2 Å². The van der Waals surface area contributed by atoms with Crippen LogP contribution in [0.2, 0.25) is 0 Å². The highest BCUT2D eigenvalue weighted by molar-refractivity contribution is 5.71. The highest BCUT2D eigenvalue weighted by Gasteiger charge is 2.35. The maximum Gasteiger partial charge on any atom is 0.407 e. The van der Waals surface area contributed by atoms with Crippen LogP contribution in [0, 0.1) is 0 Å². The largest absolute Gasteiger partial charge is 0.480 e. The van der Waals surface area contributed by atoms with Gasteiger partial charge in [-0.25, -0.2) is 9.78 Å². The van der Waals surface area contributed by atoms with Crippen molar-refractivity contribution in [3.05, 3.63) is 16.7 Å². The van der Waals surface area contributed by atoms with Gasteiger partial charge in [0.1, 0.15) is 5.60 Å². The van der Waals surface area contributed by atoms with Gasteiger partial charge in [0.25, 0.3) is 5.56 Å². The van der Waals surface area contributed by atoms with Gasteiger partial charge in [0.15, 0.2) is 11.2 Å². The SMILES string of the molecule is CC(C)(C)OC(=O)N[C@H]1C[C@H](Cn2cnc3c(=O)[nH]c(N)nc32)N(CC(=O)O)C1. The summed E-state index contributed by atoms with van der Waals surface area (Å²) in [6.45, 7) is 5.83. The van der Waals surface area contributed by atoms with Gasteiger partial charge in [0.05, 0.1) is 12.9 Å². The molecule has 1 fully saturated rings. The molecule has 1 amide bonds. The van der Waals surface area contributed by atoms with E-state index in [4.69, 9.17) is 10.5 Å². The lowest BCUT2D eigenvalue weighted by Gasteiger charge is -2.22. The van der Waals surface area contributed by atoms with Crippen LogP contribution in [0.5, 0.6) is 0 Å². The number of aliphatic carboxylic acids is 1. The first-order valence-corrected chi connectivity index (χ1v) is 9.18. The lowest BCUT2D eigenvalue weighted by Crippen LogP contribution is -2.41. The number of aromatic nitrogens is 4. The molecule has 0 saturated carbocycles. The third kappa shape index (κ3) is 5.02. The fraction of sp³-hybridized carbons (Fsp3) is 0.588. The molecule has 12 heteroatoms. The molecular formula is C17H25N7O5. The molecule has 158 valence electrons. The Balaban J connectivity index is 1.77. The first kappa shape index (κ1) is 20.6. The number of carboxylic acids is 1. The summed E-state index contributed by atoms with van der Waals surface area (Å²) in [4.78, 5) is 47.6. The minimum atomic E-state index is -0.970. The molecule has 0 spiro atoms. The minimum Gasteiger partial charge on any atom is -0.480 e. The predicted molar refractivity (Wildman–Crippen MR) is 103 cm³/mol. The normalized spacial score (nSPS) is 20.1. The number of nitrogens with two attached hydrogens (primary N) is 1. The van der Waals surface area contributed by atoms with Gasteiger partial charge in [0, 0.05) is 25.2 Å². The number of aromatic amines is 1. The van der Waals surface area contributed by atoms with E-state index in [-0.39, 0.29) is 30.1 Å². The number of H-pyrrole nitrogens is 1. The summed E-state index contributed by atoms with van der Waals surface area (Å²) in [5, 5.41) is 12.0. The molecule has 0 radical (unpaired) electrons. The van der Waals surface area contributed by atoms with Gasteiger partial charge in [-0.3, -0.25) is 19.5 Å². The van der Waals surface area contributed by atoms with Crippen LogP contribution in [0.25, 0.3) is 11.2 Å². The third-order valence-electron chi connectivity index (χ3n) is 4.49. The summed E-state index contributed by atoms with van der Waals surface area (Å²) in [6, 6.07) is -0.490. The van der Waals surface area contributed by atoms with E-state index in [1.54, 1.807) is 30.2 Å². The number of nitrogens with zero attached hydrogens (tertiary/aromatic N) is 4. The first-order chi connectivity index (χ1) is 13.5. The molecule has 2 aromatic heterocycles. The van der Waals surface area contributed by atoms with Gasteiger partial charge in [-0.1, -0.05) is 0 Å². The Hall–Kier alpha value is -3.15. The van der Waals surface area contributed by atoms with Crippen molar-refractivity contribution in [3.63, 3.8) is 0 Å². The quantitative estimate of drug-likeness (QED) is 0.522. The van der Waals surface area contributed by atoms with Crippen LogP contribution in [0.4, 0.5) is 10.7 Å². The van der Waals surface area contributed by atoms with Crippen LogP contribution in [-0.2, 0) is 16.1 Å². The lowest BCUT2D eigenvalue weighted by molar-refractivity contribution is -0.138. The number of nitrogens with one attached hydrogen (secondary N) is 2. The summed E-state index contributed by atoms with van der Waals surface area (Å²) in [6.07, 6.45) is 1.43. The Morgan fingerprint density at radius 1 is 1.45 bits per heavy atom. The number of amides is 1. The number of nitrogen functional groups attached to an aromatic ring is 1. The van der Waals surface area contributed by atoms with E-state index in [1.807, 2.05) is 0 Å². The number of anilines is 1. The number of hydrogen-bond acceptors (Lipinski definition) is 8. The molecule has 1 aliphatic rings. The van der Waals surface area contributed by atoms with Gasteiger partial charge in [-0.15, -0.1) is 0 Å². The second kappa shape index (κ2) is 7.70. The van der Waals surface area contributed by atoms with Crippen molar-refractivity contribution in [2.24, 2.45) is 0 Å². The molecule has 12 nitrogen and oxygen atoms in total. The average molecular weight is 407 g/mol. The zero-order valence-electron chi connectivity index (χ0n) is 16.5. The van der Waals surface area contributed by atoms with Crippen molar-refractivity contribution in [2.75, 3.05) is 18.8 Å². The van der Waals surface area contributed by atoms with Gasteiger partial charge in [-0.05, 0) is 27.2 Å². The van der Waals surface area contributed by atoms with Crippen molar-refractivity contribution >= 4 is 29.2 Å². The number of ether oxygens (including phenoxy) is 1. The number of fused-ring (bicyclic) bond motifs is 1. The molecule has 3 rings (SSSR count). The summed E-state index contributed by atoms with van der Waals surface area (Å²) in [5.41, 5.74) is 5.04. The van der Waals surface area contributed by atoms with Crippen LogP contribution < -0.4 is 16.6 Å². The number of carbonyl (C=O) groups excluding carboxylic acids is 1. The lowest BCUT2D eigenvalue weighted by atomic mass is 10.1. The fourth-order valence-corrected chi connectivity index (χ4v) is 3.45. The van der Waals surface area contributed by atoms with E-state index in [1.165, 1.54) is 6.33 Å². The van der Waals surface area contributed by atoms with E-state index in [9.17, 15) is 19.5 Å². The Labute approximate surface area is 166 Å². The molecule has 0 aromatic carbocycles. The Bertz CT molecular complexity index is 977. The molecular weight excluding hydrogens is 382 g/mol. The molecule has 1 aliphatic heterocycles. The summed E-state index contributed by atoms with van der Waals surface area (Å²) < 4.78 is 6.94. The maximum atomic E-state index is 12.1. The maximum absolute atomic E-state index is 12.1. The summed E-state index contributed by atoms with van der Waals surface area (Å²) in [5.74, 6) is -0.996. The topological polar surface area (TPSA) is 168 Å². The first-order valence-electron chi connectivity index (χ1n) is 9.18. The number of carbonyl (C=O) groups is 2. The molecule has 3 heterocycles. The predicted octanol–water partition coefficient (Wildman–Crippen LogP) is -0.246. The molecule has 29 heavy (non-hydrogen) atoms. The second-order valence-electron chi connectivity index (χ2n) is 8.08. The minimum absolute atomic E-state index is 0.0254. The molecule has 2 atom stereocenters. The Morgan fingerprint density at radius 2 is 2.17 bits per heavy atom. The van der Waals surface area contributed by atoms with Gasteiger partial charge in [-0.2, -0.15) is 4.98 Å². The number of imidazole rings is 1. The monoisotopic (exact) mass is 407 g/mol. The van der Waals surface area contributed by atoms with Gasteiger partial charge in [0.2, 0.25) is 5.95 Å². The van der Waals surface area contributed by atoms with Crippen molar-refractivity contribution in [1.82, 2.24) is 29.7 Å². The molecule has 0 bridgehead atoms. The van der Waals surface area contributed by atoms with Crippen LogP contribution >= 0.6 is 0 Å². The number of carboxylic acid groups (broad SMARTS) is 1. The van der Waals surface area contributed by atoms with Gasteiger partial charge >= 0.3 is 12.1 Å². The average Bonchev–Trinajstić information content (AvgIpc) is 3.10. The van der Waals surface area contributed by atoms with Crippen LogP contribution in [0.3, 0.4) is 0 Å². The van der Waals surface area contributed by atoms with E-state index in [0.717, 1.165) is 0 Å². The summed E-state index contributed by atoms with van der Waals surface area (Å²) in [7, 11) is 0. The van der Waals surface area contributed by atoms with Crippen molar-refractivity contribution in [1.29, 1.82) is 0 Å². The zero-order chi connectivity index (χ0) is 21.3. The van der Waals surface area contributed by atoms with E-state index >= 15 is 0 Å².